The maximum absolute atomic E-state index is 5.76. The van der Waals surface area contributed by atoms with Crippen LogP contribution in [0.1, 0.15) is 5.89 Å². The smallest absolute Gasteiger partial charge is 0.317 e. The third-order valence-corrected chi connectivity index (χ3v) is 2.33. The van der Waals surface area contributed by atoms with E-state index in [1.54, 1.807) is 11.0 Å². The first-order valence-corrected chi connectivity index (χ1v) is 5.64. The van der Waals surface area contributed by atoms with E-state index >= 15 is 0 Å². The minimum absolute atomic E-state index is 0.448. The highest BCUT2D eigenvalue weighted by molar-refractivity contribution is 5.51. The molecule has 0 aliphatic rings. The van der Waals surface area contributed by atoms with Gasteiger partial charge in [-0.25, -0.2) is 0 Å². The largest absolute Gasteiger partial charge is 0.491 e. The predicted octanol–water partition coefficient (Wildman–Crippen LogP) is 1.34. The van der Waals surface area contributed by atoms with Crippen LogP contribution in [0.15, 0.2) is 28.7 Å². The van der Waals surface area contributed by atoms with Crippen molar-refractivity contribution >= 4 is 11.7 Å². The van der Waals surface area contributed by atoms with Crippen LogP contribution in [0.25, 0.3) is 0 Å². The van der Waals surface area contributed by atoms with Gasteiger partial charge in [-0.05, 0) is 12.1 Å². The first-order chi connectivity index (χ1) is 8.66. The summed E-state index contributed by atoms with van der Waals surface area (Å²) >= 11 is 0. The molecule has 0 radical (unpaired) electrons. The number of nitrogens with two attached hydrogens (primary N) is 1. The van der Waals surface area contributed by atoms with E-state index in [0.717, 1.165) is 0 Å². The lowest BCUT2D eigenvalue weighted by Gasteiger charge is -2.06. The maximum atomic E-state index is 5.76. The molecule has 0 aliphatic heterocycles. The molecule has 0 unspecified atom stereocenters. The number of ether oxygens (including phenoxy) is 1. The number of nitrogen functional groups attached to an aromatic ring is 1. The van der Waals surface area contributed by atoms with E-state index in [9.17, 15) is 0 Å². The summed E-state index contributed by atoms with van der Waals surface area (Å²) in [5.41, 5.74) is 6.38. The first kappa shape index (κ1) is 12.2. The molecule has 2 rings (SSSR count). The van der Waals surface area contributed by atoms with Gasteiger partial charge in [-0.15, -0.1) is 5.10 Å². The van der Waals surface area contributed by atoms with Crippen LogP contribution in [0.2, 0.25) is 0 Å². The monoisotopic (exact) mass is 248 g/mol. The van der Waals surface area contributed by atoms with E-state index in [1.807, 2.05) is 32.3 Å². The van der Waals surface area contributed by atoms with E-state index in [2.05, 4.69) is 10.2 Å². The van der Waals surface area contributed by atoms with Gasteiger partial charge in [0.1, 0.15) is 5.75 Å². The summed E-state index contributed by atoms with van der Waals surface area (Å²) in [7, 11) is 3.69. The molecule has 2 N–H and O–H groups in total. The highest BCUT2D eigenvalue weighted by atomic mass is 16.5. The summed E-state index contributed by atoms with van der Waals surface area (Å²) < 4.78 is 10.9. The topological polar surface area (TPSA) is 77.4 Å². The highest BCUT2D eigenvalue weighted by Crippen LogP contribution is 2.19. The van der Waals surface area contributed by atoms with Crippen LogP contribution in [-0.4, -0.2) is 30.9 Å². The van der Waals surface area contributed by atoms with E-state index < -0.39 is 0 Å². The number of hydrogen-bond donors (Lipinski definition) is 1. The molecular weight excluding hydrogens is 232 g/mol. The van der Waals surface area contributed by atoms with Crippen LogP contribution < -0.4 is 15.4 Å². The van der Waals surface area contributed by atoms with E-state index in [1.165, 1.54) is 0 Å². The second-order valence-electron chi connectivity index (χ2n) is 4.01. The quantitative estimate of drug-likeness (QED) is 0.804. The number of hydrogen-bond acceptors (Lipinski definition) is 6. The molecule has 0 aliphatic carbocycles. The molecule has 0 spiro atoms. The van der Waals surface area contributed by atoms with Crippen molar-refractivity contribution in [2.45, 2.75) is 6.42 Å². The number of benzene rings is 1. The Morgan fingerprint density at radius 2 is 2.06 bits per heavy atom. The molecule has 1 aromatic carbocycles. The number of rotatable bonds is 5. The second kappa shape index (κ2) is 5.39. The lowest BCUT2D eigenvalue weighted by atomic mass is 10.3. The van der Waals surface area contributed by atoms with Crippen LogP contribution in [0.3, 0.4) is 0 Å². The number of nitrogens with zero attached hydrogens (tertiary/aromatic N) is 3. The van der Waals surface area contributed by atoms with Gasteiger partial charge in [0.15, 0.2) is 0 Å². The van der Waals surface area contributed by atoms with Crippen LogP contribution in [-0.2, 0) is 6.42 Å². The molecule has 18 heavy (non-hydrogen) atoms. The Kier molecular flexibility index (Phi) is 3.66. The van der Waals surface area contributed by atoms with Crippen LogP contribution in [0, 0.1) is 0 Å². The molecular formula is C12H16N4O2. The Morgan fingerprint density at radius 3 is 2.72 bits per heavy atom. The molecule has 6 nitrogen and oxygen atoms in total. The Balaban J connectivity index is 1.87. The summed E-state index contributed by atoms with van der Waals surface area (Å²) in [5.74, 6) is 1.22. The Bertz CT molecular complexity index is 510. The molecule has 1 aromatic heterocycles. The number of anilines is 2. The van der Waals surface area contributed by atoms with Gasteiger partial charge in [0, 0.05) is 14.1 Å². The molecule has 2 aromatic rings. The summed E-state index contributed by atoms with van der Waals surface area (Å²) in [5, 5.41) is 7.81. The Labute approximate surface area is 105 Å². The van der Waals surface area contributed by atoms with Crippen LogP contribution >= 0.6 is 0 Å². The standard InChI is InChI=1S/C12H16N4O2/c1-16(2)12-15-14-11(18-12)7-8-17-10-6-4-3-5-9(10)13/h3-6H,7-8,13H2,1-2H3. The van der Waals surface area contributed by atoms with Crippen molar-refractivity contribution in [3.8, 4) is 5.75 Å². The van der Waals surface area contributed by atoms with Gasteiger partial charge in [0.05, 0.1) is 18.7 Å². The zero-order valence-corrected chi connectivity index (χ0v) is 10.5. The summed E-state index contributed by atoms with van der Waals surface area (Å²) in [6.07, 6.45) is 0.551. The molecule has 0 fully saturated rings. The fourth-order valence-electron chi connectivity index (χ4n) is 1.39. The van der Waals surface area contributed by atoms with Gasteiger partial charge in [-0.2, -0.15) is 0 Å². The minimum atomic E-state index is 0.448. The fraction of sp³-hybridized carbons (Fsp3) is 0.333. The third kappa shape index (κ3) is 2.91. The van der Waals surface area contributed by atoms with Crippen LogP contribution in [0.5, 0.6) is 5.75 Å². The predicted molar refractivity (Wildman–Crippen MR) is 68.7 cm³/mol. The van der Waals surface area contributed by atoms with Crippen LogP contribution in [0.4, 0.5) is 11.7 Å². The van der Waals surface area contributed by atoms with Gasteiger partial charge in [0.2, 0.25) is 5.89 Å². The summed E-state index contributed by atoms with van der Waals surface area (Å²) in [6, 6.07) is 7.86. The van der Waals surface area contributed by atoms with Crippen molar-refractivity contribution < 1.29 is 9.15 Å². The maximum Gasteiger partial charge on any atom is 0.317 e. The molecule has 0 saturated heterocycles. The minimum Gasteiger partial charge on any atom is -0.491 e. The summed E-state index contributed by atoms with van der Waals surface area (Å²) in [6.45, 7) is 0.448. The van der Waals surface area contributed by atoms with Crippen molar-refractivity contribution in [2.24, 2.45) is 0 Å². The van der Waals surface area contributed by atoms with Gasteiger partial charge < -0.3 is 19.8 Å². The second-order valence-corrected chi connectivity index (χ2v) is 4.01. The average molecular weight is 248 g/mol. The van der Waals surface area contributed by atoms with E-state index in [4.69, 9.17) is 14.9 Å². The fourth-order valence-corrected chi connectivity index (χ4v) is 1.39. The molecule has 0 saturated carbocycles. The molecule has 6 heteroatoms. The molecule has 0 bridgehead atoms. The van der Waals surface area contributed by atoms with Crippen molar-refractivity contribution in [2.75, 3.05) is 31.3 Å². The van der Waals surface area contributed by atoms with Gasteiger partial charge in [-0.1, -0.05) is 17.2 Å². The lowest BCUT2D eigenvalue weighted by molar-refractivity contribution is 0.308. The van der Waals surface area contributed by atoms with Gasteiger partial charge in [-0.3, -0.25) is 0 Å². The van der Waals surface area contributed by atoms with Crippen molar-refractivity contribution in [3.63, 3.8) is 0 Å². The molecule has 0 amide bonds. The van der Waals surface area contributed by atoms with E-state index in [-0.39, 0.29) is 0 Å². The first-order valence-electron chi connectivity index (χ1n) is 5.64. The molecule has 96 valence electrons. The zero-order chi connectivity index (χ0) is 13.0. The van der Waals surface area contributed by atoms with Gasteiger partial charge >= 0.3 is 6.01 Å². The van der Waals surface area contributed by atoms with Crippen molar-refractivity contribution in [3.05, 3.63) is 30.2 Å². The van der Waals surface area contributed by atoms with Gasteiger partial charge in [0.25, 0.3) is 0 Å². The Morgan fingerprint density at radius 1 is 1.28 bits per heavy atom. The number of para-hydroxylation sites is 2. The highest BCUT2D eigenvalue weighted by Gasteiger charge is 2.07. The lowest BCUT2D eigenvalue weighted by Crippen LogP contribution is -2.08. The Hall–Kier alpha value is -2.24. The third-order valence-electron chi connectivity index (χ3n) is 2.33. The van der Waals surface area contributed by atoms with Crippen molar-refractivity contribution in [1.29, 1.82) is 0 Å². The zero-order valence-electron chi connectivity index (χ0n) is 10.5. The number of aromatic nitrogens is 2. The molecule has 1 heterocycles. The average Bonchev–Trinajstić information content (AvgIpc) is 2.80. The summed E-state index contributed by atoms with van der Waals surface area (Å²) in [4.78, 5) is 1.76. The SMILES string of the molecule is CN(C)c1nnc(CCOc2ccccc2N)o1. The normalized spacial score (nSPS) is 10.3. The van der Waals surface area contributed by atoms with Crippen molar-refractivity contribution in [1.82, 2.24) is 10.2 Å². The molecule has 0 atom stereocenters. The van der Waals surface area contributed by atoms with E-state index in [0.29, 0.717) is 36.4 Å².